The molecule has 6 nitrogen and oxygen atoms in total. The van der Waals surface area contributed by atoms with Crippen LogP contribution in [0.25, 0.3) is 10.8 Å². The van der Waals surface area contributed by atoms with Crippen LogP contribution in [0.1, 0.15) is 61.9 Å². The van der Waals surface area contributed by atoms with Gasteiger partial charge in [0.05, 0.1) is 5.69 Å². The van der Waals surface area contributed by atoms with Crippen LogP contribution in [0.5, 0.6) is 0 Å². The number of amides is 3. The average molecular weight is 520 g/mol. The smallest absolute Gasteiger partial charge is 0.258 e. The zero-order chi connectivity index (χ0) is 26.4. The van der Waals surface area contributed by atoms with Gasteiger partial charge in [-0.25, -0.2) is 0 Å². The summed E-state index contributed by atoms with van der Waals surface area (Å²) in [5.74, 6) is -0.304. The van der Waals surface area contributed by atoms with Crippen LogP contribution in [-0.2, 0) is 16.1 Å². The van der Waals surface area contributed by atoms with E-state index in [1.54, 1.807) is 15.9 Å². The fourth-order valence-corrected chi connectivity index (χ4v) is 5.16. The number of anilines is 1. The number of halogens is 1. The molecule has 0 bridgehead atoms. The van der Waals surface area contributed by atoms with Crippen LogP contribution in [-0.4, -0.2) is 41.8 Å². The number of unbranched alkanes of at least 4 members (excludes halogenated alkanes) is 1. The highest BCUT2D eigenvalue weighted by molar-refractivity contribution is 6.31. The largest absolute Gasteiger partial charge is 0.354 e. The molecule has 1 aliphatic heterocycles. The molecule has 3 aromatic rings. The maximum atomic E-state index is 13.6. The molecule has 0 saturated carbocycles. The van der Waals surface area contributed by atoms with Gasteiger partial charge in [-0.1, -0.05) is 74.3 Å². The van der Waals surface area contributed by atoms with Gasteiger partial charge in [0.1, 0.15) is 6.04 Å². The highest BCUT2D eigenvalue weighted by Crippen LogP contribution is 2.37. The van der Waals surface area contributed by atoms with Crippen molar-refractivity contribution in [1.82, 2.24) is 10.2 Å². The third kappa shape index (κ3) is 5.80. The summed E-state index contributed by atoms with van der Waals surface area (Å²) in [5, 5.41) is 5.55. The van der Waals surface area contributed by atoms with Crippen molar-refractivity contribution in [2.75, 3.05) is 18.0 Å². The maximum Gasteiger partial charge on any atom is 0.258 e. The number of hydrogen-bond acceptors (Lipinski definition) is 3. The van der Waals surface area contributed by atoms with Crippen molar-refractivity contribution in [2.45, 2.75) is 58.5 Å². The maximum absolute atomic E-state index is 13.6. The second-order valence-corrected chi connectivity index (χ2v) is 9.83. The average Bonchev–Trinajstić information content (AvgIpc) is 3.18. The molecule has 0 fully saturated rings. The lowest BCUT2D eigenvalue weighted by atomic mass is 10.1. The van der Waals surface area contributed by atoms with E-state index in [1.807, 2.05) is 61.5 Å². The second kappa shape index (κ2) is 12.2. The predicted octanol–water partition coefficient (Wildman–Crippen LogP) is 5.96. The van der Waals surface area contributed by atoms with Gasteiger partial charge in [0, 0.05) is 42.0 Å². The minimum absolute atomic E-state index is 0.0334. The lowest BCUT2D eigenvalue weighted by Crippen LogP contribution is -2.49. The first-order valence-electron chi connectivity index (χ1n) is 13.1. The lowest BCUT2D eigenvalue weighted by molar-refractivity contribution is -0.141. The predicted molar refractivity (Wildman–Crippen MR) is 149 cm³/mol. The molecule has 4 rings (SSSR count). The Morgan fingerprint density at radius 1 is 1.00 bits per heavy atom. The summed E-state index contributed by atoms with van der Waals surface area (Å²) in [5.41, 5.74) is 2.39. The summed E-state index contributed by atoms with van der Waals surface area (Å²) in [6.07, 6.45) is 3.07. The lowest BCUT2D eigenvalue weighted by Gasteiger charge is -2.31. The standard InChI is InChI=1S/C30H34ClN3O3/c1-3-5-18-32-29(36)25(4-2)34(20-22-11-6-7-15-24(22)31)27(35)17-10-19-33-26-16-9-13-21-12-8-14-23(28(21)26)30(33)37/h6-9,11-16,25H,3-5,10,17-20H2,1-2H3,(H,32,36). The first-order valence-corrected chi connectivity index (χ1v) is 13.5. The van der Waals surface area contributed by atoms with E-state index in [1.165, 1.54) is 0 Å². The van der Waals surface area contributed by atoms with Gasteiger partial charge in [0.25, 0.3) is 5.91 Å². The van der Waals surface area contributed by atoms with Crippen molar-refractivity contribution in [3.63, 3.8) is 0 Å². The highest BCUT2D eigenvalue weighted by atomic mass is 35.5. The van der Waals surface area contributed by atoms with Gasteiger partial charge in [-0.05, 0) is 48.4 Å². The molecule has 194 valence electrons. The number of nitrogens with zero attached hydrogens (tertiary/aromatic N) is 2. The van der Waals surface area contributed by atoms with E-state index in [9.17, 15) is 14.4 Å². The minimum atomic E-state index is -0.591. The molecule has 3 amide bonds. The fourth-order valence-electron chi connectivity index (χ4n) is 4.97. The molecule has 1 N–H and O–H groups in total. The van der Waals surface area contributed by atoms with Crippen molar-refractivity contribution in [3.05, 3.63) is 76.8 Å². The van der Waals surface area contributed by atoms with Crippen LogP contribution in [0.3, 0.4) is 0 Å². The van der Waals surface area contributed by atoms with E-state index in [2.05, 4.69) is 12.2 Å². The van der Waals surface area contributed by atoms with Crippen LogP contribution in [0.2, 0.25) is 5.02 Å². The van der Waals surface area contributed by atoms with Crippen molar-refractivity contribution in [1.29, 1.82) is 0 Å². The topological polar surface area (TPSA) is 69.7 Å². The molecular formula is C30H34ClN3O3. The molecule has 1 heterocycles. The Morgan fingerprint density at radius 3 is 2.49 bits per heavy atom. The van der Waals surface area contributed by atoms with Gasteiger partial charge in [-0.15, -0.1) is 0 Å². The third-order valence-electron chi connectivity index (χ3n) is 6.94. The van der Waals surface area contributed by atoms with Crippen molar-refractivity contribution in [2.24, 2.45) is 0 Å². The highest BCUT2D eigenvalue weighted by Gasteiger charge is 2.31. The first-order chi connectivity index (χ1) is 18.0. The first kappa shape index (κ1) is 26.7. The Kier molecular flexibility index (Phi) is 8.82. The molecule has 1 aliphatic rings. The Bertz CT molecular complexity index is 1290. The normalized spacial score (nSPS) is 13.2. The summed E-state index contributed by atoms with van der Waals surface area (Å²) in [6.45, 7) is 5.25. The van der Waals surface area contributed by atoms with E-state index >= 15 is 0 Å². The van der Waals surface area contributed by atoms with Gasteiger partial charge >= 0.3 is 0 Å². The Labute approximate surface area is 223 Å². The molecule has 1 unspecified atom stereocenters. The number of nitrogens with one attached hydrogen (secondary N) is 1. The zero-order valence-electron chi connectivity index (χ0n) is 21.5. The molecule has 0 aliphatic carbocycles. The van der Waals surface area contributed by atoms with E-state index in [4.69, 9.17) is 11.6 Å². The summed E-state index contributed by atoms with van der Waals surface area (Å²) < 4.78 is 0. The molecule has 1 atom stereocenters. The van der Waals surface area contributed by atoms with E-state index in [0.29, 0.717) is 36.5 Å². The van der Waals surface area contributed by atoms with Crippen LogP contribution < -0.4 is 10.2 Å². The SMILES string of the molecule is CCCCNC(=O)C(CC)N(Cc1ccccc1Cl)C(=O)CCCN1C(=O)c2cccc3cccc1c23. The monoisotopic (exact) mass is 519 g/mol. The number of carbonyl (C=O) groups is 3. The summed E-state index contributed by atoms with van der Waals surface area (Å²) in [6, 6.07) is 18.5. The molecule has 0 saturated heterocycles. The van der Waals surface area contributed by atoms with E-state index in [-0.39, 0.29) is 30.7 Å². The Hall–Kier alpha value is -3.38. The van der Waals surface area contributed by atoms with Crippen LogP contribution in [0.4, 0.5) is 5.69 Å². The van der Waals surface area contributed by atoms with Gasteiger partial charge in [-0.2, -0.15) is 0 Å². The van der Waals surface area contributed by atoms with E-state index < -0.39 is 6.04 Å². The zero-order valence-corrected chi connectivity index (χ0v) is 22.3. The molecule has 37 heavy (non-hydrogen) atoms. The van der Waals surface area contributed by atoms with Crippen LogP contribution in [0, 0.1) is 0 Å². The number of carbonyl (C=O) groups excluding carboxylic acids is 3. The molecule has 3 aromatic carbocycles. The second-order valence-electron chi connectivity index (χ2n) is 9.42. The van der Waals surface area contributed by atoms with Gasteiger partial charge in [0.2, 0.25) is 11.8 Å². The quantitative estimate of drug-likeness (QED) is 0.300. The summed E-state index contributed by atoms with van der Waals surface area (Å²) >= 11 is 6.41. The number of benzene rings is 3. The Balaban J connectivity index is 1.48. The van der Waals surface area contributed by atoms with Gasteiger partial charge < -0.3 is 15.1 Å². The summed E-state index contributed by atoms with van der Waals surface area (Å²) in [7, 11) is 0. The van der Waals surface area contributed by atoms with Crippen LogP contribution >= 0.6 is 11.6 Å². The van der Waals surface area contributed by atoms with Crippen molar-refractivity contribution >= 4 is 45.8 Å². The molecule has 0 spiro atoms. The number of rotatable bonds is 12. The third-order valence-corrected chi connectivity index (χ3v) is 7.30. The fraction of sp³-hybridized carbons (Fsp3) is 0.367. The van der Waals surface area contributed by atoms with Gasteiger partial charge in [0.15, 0.2) is 0 Å². The molecule has 0 radical (unpaired) electrons. The molecular weight excluding hydrogens is 486 g/mol. The number of hydrogen-bond donors (Lipinski definition) is 1. The summed E-state index contributed by atoms with van der Waals surface area (Å²) in [4.78, 5) is 43.1. The minimum Gasteiger partial charge on any atom is -0.354 e. The van der Waals surface area contributed by atoms with Crippen LogP contribution in [0.15, 0.2) is 60.7 Å². The Morgan fingerprint density at radius 2 is 1.76 bits per heavy atom. The van der Waals surface area contributed by atoms with E-state index in [0.717, 1.165) is 34.9 Å². The molecule has 0 aromatic heterocycles. The van der Waals surface area contributed by atoms with Crippen molar-refractivity contribution < 1.29 is 14.4 Å². The molecule has 7 heteroatoms. The van der Waals surface area contributed by atoms with Crippen molar-refractivity contribution in [3.8, 4) is 0 Å². The van der Waals surface area contributed by atoms with Gasteiger partial charge in [-0.3, -0.25) is 14.4 Å².